The van der Waals surface area contributed by atoms with Gasteiger partial charge in [-0.1, -0.05) is 28.1 Å². The first kappa shape index (κ1) is 14.5. The molecular formula is C14H14BrN3O2. The van der Waals surface area contributed by atoms with Crippen LogP contribution in [-0.4, -0.2) is 23.0 Å². The molecule has 1 heterocycles. The Bertz CT molecular complexity index is 619. The van der Waals surface area contributed by atoms with E-state index in [4.69, 9.17) is 0 Å². The summed E-state index contributed by atoms with van der Waals surface area (Å²) >= 11 is 3.44. The van der Waals surface area contributed by atoms with Crippen LogP contribution in [-0.2, 0) is 4.74 Å². The van der Waals surface area contributed by atoms with Gasteiger partial charge in [0.1, 0.15) is 5.82 Å². The van der Waals surface area contributed by atoms with Gasteiger partial charge in [0.05, 0.1) is 25.5 Å². The van der Waals surface area contributed by atoms with E-state index in [1.165, 1.54) is 13.3 Å². The van der Waals surface area contributed by atoms with Crippen molar-refractivity contribution < 1.29 is 9.53 Å². The van der Waals surface area contributed by atoms with E-state index in [0.717, 1.165) is 10.0 Å². The molecule has 0 fully saturated rings. The third-order valence-electron chi connectivity index (χ3n) is 2.74. The van der Waals surface area contributed by atoms with Crippen molar-refractivity contribution in [2.24, 2.45) is 0 Å². The number of hydrogen-bond acceptors (Lipinski definition) is 5. The molecule has 0 bridgehead atoms. The summed E-state index contributed by atoms with van der Waals surface area (Å²) in [6, 6.07) is 8.01. The van der Waals surface area contributed by atoms with Gasteiger partial charge in [-0.25, -0.2) is 9.78 Å². The van der Waals surface area contributed by atoms with Gasteiger partial charge in [0.2, 0.25) is 0 Å². The molecule has 0 saturated carbocycles. The molecule has 0 aliphatic heterocycles. The third-order valence-corrected chi connectivity index (χ3v) is 3.24. The molecule has 1 aromatic heterocycles. The van der Waals surface area contributed by atoms with E-state index < -0.39 is 5.97 Å². The Labute approximate surface area is 125 Å². The van der Waals surface area contributed by atoms with Crippen molar-refractivity contribution in [2.75, 3.05) is 12.4 Å². The second-order valence-electron chi connectivity index (χ2n) is 4.20. The smallest absolute Gasteiger partial charge is 0.358 e. The molecule has 104 valence electrons. The highest BCUT2D eigenvalue weighted by atomic mass is 79.9. The van der Waals surface area contributed by atoms with Crippen LogP contribution < -0.4 is 5.32 Å². The monoisotopic (exact) mass is 335 g/mol. The molecule has 0 aliphatic carbocycles. The number of hydrogen-bond donors (Lipinski definition) is 1. The number of nitrogens with zero attached hydrogens (tertiary/aromatic N) is 2. The Kier molecular flexibility index (Phi) is 4.68. The van der Waals surface area contributed by atoms with Crippen LogP contribution in [0.25, 0.3) is 0 Å². The van der Waals surface area contributed by atoms with E-state index in [1.54, 1.807) is 6.20 Å². The highest BCUT2D eigenvalue weighted by Crippen LogP contribution is 2.21. The van der Waals surface area contributed by atoms with Gasteiger partial charge < -0.3 is 10.1 Å². The number of anilines is 1. The van der Waals surface area contributed by atoms with Gasteiger partial charge in [0, 0.05) is 4.47 Å². The predicted molar refractivity (Wildman–Crippen MR) is 79.6 cm³/mol. The molecule has 0 spiro atoms. The zero-order chi connectivity index (χ0) is 14.5. The first-order valence-electron chi connectivity index (χ1n) is 6.02. The molecule has 1 unspecified atom stereocenters. The van der Waals surface area contributed by atoms with Gasteiger partial charge >= 0.3 is 5.97 Å². The van der Waals surface area contributed by atoms with Gasteiger partial charge in [0.25, 0.3) is 0 Å². The molecule has 20 heavy (non-hydrogen) atoms. The van der Waals surface area contributed by atoms with Crippen LogP contribution in [0.15, 0.2) is 41.1 Å². The van der Waals surface area contributed by atoms with Crippen LogP contribution in [0.4, 0.5) is 5.82 Å². The second-order valence-corrected chi connectivity index (χ2v) is 5.12. The minimum Gasteiger partial charge on any atom is -0.464 e. The molecule has 0 saturated heterocycles. The summed E-state index contributed by atoms with van der Waals surface area (Å²) in [5.74, 6) is 0.0247. The van der Waals surface area contributed by atoms with Crippen molar-refractivity contribution in [1.29, 1.82) is 0 Å². The normalized spacial score (nSPS) is 11.8. The highest BCUT2D eigenvalue weighted by Gasteiger charge is 2.11. The average Bonchev–Trinajstić information content (AvgIpc) is 2.46. The van der Waals surface area contributed by atoms with Crippen molar-refractivity contribution in [3.8, 4) is 0 Å². The zero-order valence-corrected chi connectivity index (χ0v) is 12.7. The van der Waals surface area contributed by atoms with Crippen molar-refractivity contribution in [3.05, 3.63) is 52.4 Å². The SMILES string of the molecule is COC(=O)c1cncc(NC(C)c2cccc(Br)c2)n1. The summed E-state index contributed by atoms with van der Waals surface area (Å²) in [6.45, 7) is 2.01. The summed E-state index contributed by atoms with van der Waals surface area (Å²) in [7, 11) is 1.31. The molecular weight excluding hydrogens is 322 g/mol. The van der Waals surface area contributed by atoms with Crippen molar-refractivity contribution in [3.63, 3.8) is 0 Å². The lowest BCUT2D eigenvalue weighted by molar-refractivity contribution is 0.0593. The lowest BCUT2D eigenvalue weighted by Crippen LogP contribution is -2.11. The molecule has 6 heteroatoms. The number of rotatable bonds is 4. The molecule has 2 aromatic rings. The highest BCUT2D eigenvalue weighted by molar-refractivity contribution is 9.10. The van der Waals surface area contributed by atoms with Gasteiger partial charge in [-0.2, -0.15) is 0 Å². The maximum Gasteiger partial charge on any atom is 0.358 e. The fraction of sp³-hybridized carbons (Fsp3) is 0.214. The van der Waals surface area contributed by atoms with Crippen LogP contribution >= 0.6 is 15.9 Å². The fourth-order valence-corrected chi connectivity index (χ4v) is 2.14. The van der Waals surface area contributed by atoms with Crippen molar-refractivity contribution in [1.82, 2.24) is 9.97 Å². The lowest BCUT2D eigenvalue weighted by atomic mass is 10.1. The molecule has 2 rings (SSSR count). The second kappa shape index (κ2) is 6.47. The number of esters is 1. The first-order valence-corrected chi connectivity index (χ1v) is 6.82. The first-order chi connectivity index (χ1) is 9.60. The fourth-order valence-electron chi connectivity index (χ4n) is 1.72. The zero-order valence-electron chi connectivity index (χ0n) is 11.1. The summed E-state index contributed by atoms with van der Waals surface area (Å²) in [5.41, 5.74) is 1.28. The maximum atomic E-state index is 11.4. The van der Waals surface area contributed by atoms with E-state index >= 15 is 0 Å². The number of methoxy groups -OCH3 is 1. The maximum absolute atomic E-state index is 11.4. The molecule has 1 aromatic carbocycles. The number of carbonyl (C=O) groups is 1. The van der Waals surface area contributed by atoms with E-state index in [2.05, 4.69) is 36.0 Å². The quantitative estimate of drug-likeness (QED) is 0.869. The number of benzene rings is 1. The molecule has 1 N–H and O–H groups in total. The summed E-state index contributed by atoms with van der Waals surface area (Å²) in [6.07, 6.45) is 2.95. The predicted octanol–water partition coefficient (Wildman–Crippen LogP) is 3.20. The number of nitrogens with one attached hydrogen (secondary N) is 1. The Morgan fingerprint density at radius 2 is 2.20 bits per heavy atom. The molecule has 0 aliphatic rings. The number of ether oxygens (including phenoxy) is 1. The van der Waals surface area contributed by atoms with E-state index in [0.29, 0.717) is 5.82 Å². The van der Waals surface area contributed by atoms with Crippen LogP contribution in [0.5, 0.6) is 0 Å². The average molecular weight is 336 g/mol. The van der Waals surface area contributed by atoms with Crippen molar-refractivity contribution in [2.45, 2.75) is 13.0 Å². The number of aromatic nitrogens is 2. The van der Waals surface area contributed by atoms with Crippen LogP contribution in [0.2, 0.25) is 0 Å². The standard InChI is InChI=1S/C14H14BrN3O2/c1-9(10-4-3-5-11(15)6-10)17-13-8-16-7-12(18-13)14(19)20-2/h3-9H,1-2H3,(H,17,18). The molecule has 0 radical (unpaired) electrons. The summed E-state index contributed by atoms with van der Waals surface area (Å²) in [5, 5.41) is 3.20. The Hall–Kier alpha value is -1.95. The molecule has 1 atom stereocenters. The van der Waals surface area contributed by atoms with Crippen molar-refractivity contribution >= 4 is 27.7 Å². The van der Waals surface area contributed by atoms with Gasteiger partial charge in [0.15, 0.2) is 5.69 Å². The van der Waals surface area contributed by atoms with Crippen LogP contribution in [0.1, 0.15) is 29.0 Å². The third kappa shape index (κ3) is 3.54. The largest absolute Gasteiger partial charge is 0.464 e. The number of carbonyl (C=O) groups excluding carboxylic acids is 1. The minimum absolute atomic E-state index is 0.0368. The molecule has 0 amide bonds. The van der Waals surface area contributed by atoms with Crippen LogP contribution in [0, 0.1) is 0 Å². The Morgan fingerprint density at radius 1 is 1.40 bits per heavy atom. The van der Waals surface area contributed by atoms with Gasteiger partial charge in [-0.05, 0) is 24.6 Å². The van der Waals surface area contributed by atoms with E-state index in [1.807, 2.05) is 31.2 Å². The minimum atomic E-state index is -0.503. The Balaban J connectivity index is 2.15. The summed E-state index contributed by atoms with van der Waals surface area (Å²) < 4.78 is 5.63. The topological polar surface area (TPSA) is 64.1 Å². The number of halogens is 1. The summed E-state index contributed by atoms with van der Waals surface area (Å²) in [4.78, 5) is 19.6. The van der Waals surface area contributed by atoms with Gasteiger partial charge in [-0.3, -0.25) is 4.98 Å². The van der Waals surface area contributed by atoms with E-state index in [-0.39, 0.29) is 11.7 Å². The van der Waals surface area contributed by atoms with E-state index in [9.17, 15) is 4.79 Å². The Morgan fingerprint density at radius 3 is 2.90 bits per heavy atom. The molecule has 5 nitrogen and oxygen atoms in total. The van der Waals surface area contributed by atoms with Gasteiger partial charge in [-0.15, -0.1) is 0 Å². The van der Waals surface area contributed by atoms with Crippen LogP contribution in [0.3, 0.4) is 0 Å². The lowest BCUT2D eigenvalue weighted by Gasteiger charge is -2.15.